The zero-order valence-electron chi connectivity index (χ0n) is 18.0. The van der Waals surface area contributed by atoms with Crippen molar-refractivity contribution in [3.8, 4) is 11.3 Å². The predicted octanol–water partition coefficient (Wildman–Crippen LogP) is 4.74. The van der Waals surface area contributed by atoms with Crippen LogP contribution < -0.4 is 0 Å². The Morgan fingerprint density at radius 2 is 1.97 bits per heavy atom. The van der Waals surface area contributed by atoms with Crippen LogP contribution in [0.3, 0.4) is 0 Å². The summed E-state index contributed by atoms with van der Waals surface area (Å²) in [7, 11) is 2.14. The molecule has 0 aliphatic carbocycles. The van der Waals surface area contributed by atoms with E-state index in [4.69, 9.17) is 0 Å². The molecule has 1 atom stereocenters. The highest BCUT2D eigenvalue weighted by Gasteiger charge is 2.21. The number of benzene rings is 2. The molecule has 1 aliphatic heterocycles. The van der Waals surface area contributed by atoms with Crippen molar-refractivity contribution in [3.63, 3.8) is 0 Å². The molecule has 0 spiro atoms. The fourth-order valence-electron chi connectivity index (χ4n) is 4.56. The smallest absolute Gasteiger partial charge is 0.123 e. The third-order valence-corrected chi connectivity index (χ3v) is 6.07. The van der Waals surface area contributed by atoms with Crippen LogP contribution in [-0.2, 0) is 13.0 Å². The average molecular weight is 425 g/mol. The van der Waals surface area contributed by atoms with Crippen molar-refractivity contribution in [1.29, 1.82) is 0 Å². The van der Waals surface area contributed by atoms with Gasteiger partial charge in [0, 0.05) is 37.3 Å². The van der Waals surface area contributed by atoms with Crippen molar-refractivity contribution in [2.24, 2.45) is 5.92 Å². The molecule has 4 nitrogen and oxygen atoms in total. The maximum atomic E-state index is 13.6. The molecule has 1 aromatic heterocycles. The predicted molar refractivity (Wildman–Crippen MR) is 120 cm³/mol. The summed E-state index contributed by atoms with van der Waals surface area (Å²) < 4.78 is 26.7. The van der Waals surface area contributed by atoms with Gasteiger partial charge >= 0.3 is 0 Å². The highest BCUT2D eigenvalue weighted by Crippen LogP contribution is 2.24. The van der Waals surface area contributed by atoms with E-state index in [1.807, 2.05) is 24.4 Å². The van der Waals surface area contributed by atoms with Gasteiger partial charge in [0.25, 0.3) is 0 Å². The number of hydrogen-bond acceptors (Lipinski definition) is 3. The second-order valence-electron chi connectivity index (χ2n) is 8.66. The van der Waals surface area contributed by atoms with Crippen molar-refractivity contribution >= 4 is 0 Å². The number of likely N-dealkylation sites (tertiary alicyclic amines) is 1. The Morgan fingerprint density at radius 3 is 2.77 bits per heavy atom. The van der Waals surface area contributed by atoms with Gasteiger partial charge in [-0.05, 0) is 68.6 Å². The van der Waals surface area contributed by atoms with E-state index < -0.39 is 0 Å². The second kappa shape index (κ2) is 10.2. The highest BCUT2D eigenvalue weighted by molar-refractivity contribution is 5.62. The third kappa shape index (κ3) is 5.99. The Hall–Kier alpha value is -2.57. The first-order chi connectivity index (χ1) is 15.1. The number of halogens is 2. The summed E-state index contributed by atoms with van der Waals surface area (Å²) in [5.74, 6) is 0.203. The first-order valence-electron chi connectivity index (χ1n) is 11.0. The highest BCUT2D eigenvalue weighted by atomic mass is 19.1. The summed E-state index contributed by atoms with van der Waals surface area (Å²) in [5.41, 5.74) is 3.98. The van der Waals surface area contributed by atoms with E-state index in [2.05, 4.69) is 27.0 Å². The third-order valence-electron chi connectivity index (χ3n) is 6.07. The van der Waals surface area contributed by atoms with Crippen LogP contribution >= 0.6 is 0 Å². The van der Waals surface area contributed by atoms with E-state index in [1.54, 1.807) is 6.07 Å². The van der Waals surface area contributed by atoms with Crippen LogP contribution in [0.15, 0.2) is 54.7 Å². The van der Waals surface area contributed by atoms with E-state index in [9.17, 15) is 8.78 Å². The number of H-pyrrole nitrogens is 1. The fourth-order valence-corrected chi connectivity index (χ4v) is 4.56. The Morgan fingerprint density at radius 1 is 1.13 bits per heavy atom. The van der Waals surface area contributed by atoms with Crippen LogP contribution in [0, 0.1) is 17.6 Å². The van der Waals surface area contributed by atoms with Gasteiger partial charge in [-0.1, -0.05) is 24.3 Å². The molecular formula is C25H30F2N4. The van der Waals surface area contributed by atoms with E-state index in [-0.39, 0.29) is 11.6 Å². The summed E-state index contributed by atoms with van der Waals surface area (Å²) in [6.45, 7) is 5.02. The number of hydrogen-bond donors (Lipinski definition) is 1. The number of nitrogens with zero attached hydrogens (tertiary/aromatic N) is 3. The molecular weight excluding hydrogens is 394 g/mol. The largest absolute Gasteiger partial charge is 0.303 e. The van der Waals surface area contributed by atoms with Crippen LogP contribution in [0.5, 0.6) is 0 Å². The van der Waals surface area contributed by atoms with Gasteiger partial charge in [-0.2, -0.15) is 5.10 Å². The monoisotopic (exact) mass is 424 g/mol. The van der Waals surface area contributed by atoms with Gasteiger partial charge in [-0.25, -0.2) is 8.78 Å². The zero-order valence-corrected chi connectivity index (χ0v) is 18.0. The molecule has 0 radical (unpaired) electrons. The molecule has 164 valence electrons. The summed E-state index contributed by atoms with van der Waals surface area (Å²) >= 11 is 0. The average Bonchev–Trinajstić information content (AvgIpc) is 3.21. The Labute approximate surface area is 182 Å². The van der Waals surface area contributed by atoms with Crippen molar-refractivity contribution in [1.82, 2.24) is 20.0 Å². The molecule has 4 rings (SSSR count). The van der Waals surface area contributed by atoms with Crippen molar-refractivity contribution in [3.05, 3.63) is 77.5 Å². The van der Waals surface area contributed by atoms with Gasteiger partial charge in [0.2, 0.25) is 0 Å². The molecule has 2 aromatic carbocycles. The minimum Gasteiger partial charge on any atom is -0.303 e. The quantitative estimate of drug-likeness (QED) is 0.567. The number of nitrogens with one attached hydrogen (secondary N) is 1. The first-order valence-corrected chi connectivity index (χ1v) is 11.0. The molecule has 31 heavy (non-hydrogen) atoms. The first kappa shape index (κ1) is 21.7. The van der Waals surface area contributed by atoms with Gasteiger partial charge in [0.15, 0.2) is 0 Å². The summed E-state index contributed by atoms with van der Waals surface area (Å²) in [6.07, 6.45) is 5.24. The van der Waals surface area contributed by atoms with Crippen LogP contribution in [0.1, 0.15) is 24.0 Å². The van der Waals surface area contributed by atoms with E-state index in [0.29, 0.717) is 5.92 Å². The van der Waals surface area contributed by atoms with Crippen LogP contribution in [0.25, 0.3) is 11.3 Å². The second-order valence-corrected chi connectivity index (χ2v) is 8.66. The maximum absolute atomic E-state index is 13.6. The minimum atomic E-state index is -0.241. The Kier molecular flexibility index (Phi) is 7.10. The molecule has 2 heterocycles. The van der Waals surface area contributed by atoms with E-state index >= 15 is 0 Å². The summed E-state index contributed by atoms with van der Waals surface area (Å²) in [6, 6.07) is 13.5. The van der Waals surface area contributed by atoms with Crippen LogP contribution in [-0.4, -0.2) is 53.2 Å². The Balaban J connectivity index is 1.29. The lowest BCUT2D eigenvalue weighted by atomic mass is 9.96. The molecule has 0 amide bonds. The van der Waals surface area contributed by atoms with Gasteiger partial charge in [-0.15, -0.1) is 0 Å². The molecule has 0 saturated carbocycles. The SMILES string of the molecule is CN(Cc1cn[nH]c1-c1cccc(F)c1)CC1CCCN(CCc2ccc(F)cc2)C1. The number of aromatic amines is 1. The van der Waals surface area contributed by atoms with Crippen LogP contribution in [0.4, 0.5) is 8.78 Å². The van der Waals surface area contributed by atoms with Crippen molar-refractivity contribution < 1.29 is 8.78 Å². The van der Waals surface area contributed by atoms with Gasteiger partial charge in [0.05, 0.1) is 11.9 Å². The zero-order chi connectivity index (χ0) is 21.6. The number of piperidine rings is 1. The fraction of sp³-hybridized carbons (Fsp3) is 0.400. The van der Waals surface area contributed by atoms with Gasteiger partial charge in [-0.3, -0.25) is 5.10 Å². The molecule has 3 aromatic rings. The van der Waals surface area contributed by atoms with Crippen molar-refractivity contribution in [2.75, 3.05) is 33.2 Å². The standard InChI is InChI=1S/C25H30F2N4/c1-30(18-22-15-28-29-25(22)21-5-2-6-24(27)14-21)16-20-4-3-12-31(17-20)13-11-19-7-9-23(26)10-8-19/h2,5-10,14-15,20H,3-4,11-13,16-18H2,1H3,(H,28,29). The Bertz CT molecular complexity index is 970. The van der Waals surface area contributed by atoms with Crippen molar-refractivity contribution in [2.45, 2.75) is 25.8 Å². The lowest BCUT2D eigenvalue weighted by Crippen LogP contribution is -2.40. The molecule has 1 unspecified atom stereocenters. The topological polar surface area (TPSA) is 35.2 Å². The minimum absolute atomic E-state index is 0.178. The summed E-state index contributed by atoms with van der Waals surface area (Å²) in [5, 5.41) is 7.22. The molecule has 1 aliphatic rings. The van der Waals surface area contributed by atoms with Gasteiger partial charge in [0.1, 0.15) is 11.6 Å². The maximum Gasteiger partial charge on any atom is 0.123 e. The number of aromatic nitrogens is 2. The normalized spacial score (nSPS) is 17.4. The van der Waals surface area contributed by atoms with E-state index in [0.717, 1.165) is 56.0 Å². The number of rotatable bonds is 8. The summed E-state index contributed by atoms with van der Waals surface area (Å²) in [4.78, 5) is 4.86. The molecule has 6 heteroatoms. The lowest BCUT2D eigenvalue weighted by Gasteiger charge is -2.34. The van der Waals surface area contributed by atoms with Gasteiger partial charge < -0.3 is 9.80 Å². The molecule has 1 saturated heterocycles. The lowest BCUT2D eigenvalue weighted by molar-refractivity contribution is 0.142. The molecule has 0 bridgehead atoms. The molecule has 1 fully saturated rings. The van der Waals surface area contributed by atoms with Crippen LogP contribution in [0.2, 0.25) is 0 Å². The molecule has 1 N–H and O–H groups in total. The van der Waals surface area contributed by atoms with E-state index in [1.165, 1.54) is 42.7 Å².